The van der Waals surface area contributed by atoms with Crippen LogP contribution in [-0.2, 0) is 14.3 Å². The molecule has 6 nitrogen and oxygen atoms in total. The first kappa shape index (κ1) is 19.4. The second kappa shape index (κ2) is 7.46. The molecule has 0 saturated carbocycles. The summed E-state index contributed by atoms with van der Waals surface area (Å²) in [6.45, 7) is 5.83. The van der Waals surface area contributed by atoms with Crippen molar-refractivity contribution in [3.63, 3.8) is 0 Å². The molecule has 7 heteroatoms. The van der Waals surface area contributed by atoms with Gasteiger partial charge in [0.1, 0.15) is 11.9 Å². The summed E-state index contributed by atoms with van der Waals surface area (Å²) in [4.78, 5) is 6.78. The number of ether oxygens (including phenoxy) is 1. The maximum Gasteiger partial charge on any atom is 0.265 e. The number of benzene rings is 1. The first-order valence-electron chi connectivity index (χ1n) is 9.57. The molecule has 3 aliphatic heterocycles. The molecular formula is C21H26N2O4S. The molecule has 4 heterocycles. The molecule has 28 heavy (non-hydrogen) atoms. The lowest BCUT2D eigenvalue weighted by atomic mass is 9.73. The van der Waals surface area contributed by atoms with E-state index in [0.29, 0.717) is 17.6 Å². The summed E-state index contributed by atoms with van der Waals surface area (Å²) in [6.07, 6.45) is 6.29. The standard InChI is InChI=1S/C21H26N2O4S/c1-4-14-13-23-10-8-15(14)11-20(23)21(27-28(3,24)25)17-7-9-22-19-6-5-16(26-2)12-18(17)19/h4-7,9,12,14-15,20-21H,1,8,10-11,13H2,2-3H3/t14-,15-,20-,21+/m0/s1. The van der Waals surface area contributed by atoms with Crippen LogP contribution in [0.1, 0.15) is 24.5 Å². The summed E-state index contributed by atoms with van der Waals surface area (Å²) in [5, 5.41) is 0.860. The lowest BCUT2D eigenvalue weighted by Crippen LogP contribution is -2.55. The molecule has 150 valence electrons. The minimum Gasteiger partial charge on any atom is -0.497 e. The third-order valence-corrected chi connectivity index (χ3v) is 6.63. The minimum atomic E-state index is -3.64. The zero-order chi connectivity index (χ0) is 19.9. The van der Waals surface area contributed by atoms with Gasteiger partial charge in [0.05, 0.1) is 18.9 Å². The molecule has 1 unspecified atom stereocenters. The number of rotatable bonds is 6. The van der Waals surface area contributed by atoms with Gasteiger partial charge in [-0.2, -0.15) is 8.42 Å². The highest BCUT2D eigenvalue weighted by Crippen LogP contribution is 2.44. The van der Waals surface area contributed by atoms with Crippen molar-refractivity contribution >= 4 is 21.0 Å². The topological polar surface area (TPSA) is 68.7 Å². The molecule has 2 bridgehead atoms. The van der Waals surface area contributed by atoms with Crippen LogP contribution < -0.4 is 4.74 Å². The zero-order valence-corrected chi connectivity index (χ0v) is 17.1. The summed E-state index contributed by atoms with van der Waals surface area (Å²) in [6, 6.07) is 7.51. The van der Waals surface area contributed by atoms with Crippen LogP contribution in [0.15, 0.2) is 43.1 Å². The monoisotopic (exact) mass is 402 g/mol. The molecule has 1 aromatic heterocycles. The second-order valence-electron chi connectivity index (χ2n) is 7.75. The van der Waals surface area contributed by atoms with E-state index in [4.69, 9.17) is 8.92 Å². The number of pyridine rings is 1. The van der Waals surface area contributed by atoms with Crippen molar-refractivity contribution in [2.75, 3.05) is 26.5 Å². The van der Waals surface area contributed by atoms with E-state index in [1.807, 2.05) is 30.3 Å². The normalized spacial score (nSPS) is 28.2. The largest absolute Gasteiger partial charge is 0.497 e. The van der Waals surface area contributed by atoms with Gasteiger partial charge in [-0.15, -0.1) is 6.58 Å². The number of piperidine rings is 3. The fourth-order valence-electron chi connectivity index (χ4n) is 4.73. The number of fused-ring (bicyclic) bond motifs is 4. The molecule has 5 rings (SSSR count). The van der Waals surface area contributed by atoms with E-state index >= 15 is 0 Å². The minimum absolute atomic E-state index is 0.00137. The van der Waals surface area contributed by atoms with Crippen molar-refractivity contribution < 1.29 is 17.3 Å². The Labute approximate surface area is 166 Å². The Bertz CT molecular complexity index is 991. The molecule has 3 saturated heterocycles. The van der Waals surface area contributed by atoms with Crippen molar-refractivity contribution in [2.24, 2.45) is 11.8 Å². The highest BCUT2D eigenvalue weighted by atomic mass is 32.2. The number of nitrogens with zero attached hydrogens (tertiary/aromatic N) is 2. The molecule has 3 fully saturated rings. The van der Waals surface area contributed by atoms with Crippen LogP contribution in [0.25, 0.3) is 10.9 Å². The molecule has 0 N–H and O–H groups in total. The predicted octanol–water partition coefficient (Wildman–Crippen LogP) is 3.16. The quantitative estimate of drug-likeness (QED) is 0.546. The van der Waals surface area contributed by atoms with E-state index in [2.05, 4.69) is 16.5 Å². The molecular weight excluding hydrogens is 376 g/mol. The van der Waals surface area contributed by atoms with E-state index in [9.17, 15) is 8.42 Å². The van der Waals surface area contributed by atoms with Gasteiger partial charge in [0, 0.05) is 24.2 Å². The Morgan fingerprint density at radius 2 is 2.18 bits per heavy atom. The van der Waals surface area contributed by atoms with Crippen LogP contribution in [0.4, 0.5) is 0 Å². The Kier molecular flexibility index (Phi) is 5.16. The van der Waals surface area contributed by atoms with Crippen LogP contribution in [0.2, 0.25) is 0 Å². The number of hydrogen-bond donors (Lipinski definition) is 0. The van der Waals surface area contributed by atoms with E-state index in [1.54, 1.807) is 13.3 Å². The van der Waals surface area contributed by atoms with Crippen LogP contribution >= 0.6 is 0 Å². The van der Waals surface area contributed by atoms with Crippen molar-refractivity contribution in [1.82, 2.24) is 9.88 Å². The van der Waals surface area contributed by atoms with E-state index in [-0.39, 0.29) is 6.04 Å². The smallest absolute Gasteiger partial charge is 0.265 e. The molecule has 0 aliphatic carbocycles. The maximum absolute atomic E-state index is 12.1. The van der Waals surface area contributed by atoms with Crippen LogP contribution in [0, 0.1) is 11.8 Å². The predicted molar refractivity (Wildman–Crippen MR) is 109 cm³/mol. The van der Waals surface area contributed by atoms with Gasteiger partial charge in [0.25, 0.3) is 10.1 Å². The van der Waals surface area contributed by atoms with Gasteiger partial charge in [-0.25, -0.2) is 0 Å². The lowest BCUT2D eigenvalue weighted by Gasteiger charge is -2.51. The molecule has 0 amide bonds. The third kappa shape index (κ3) is 3.66. The third-order valence-electron chi connectivity index (χ3n) is 6.07. The first-order chi connectivity index (χ1) is 13.4. The van der Waals surface area contributed by atoms with Crippen molar-refractivity contribution in [3.05, 3.63) is 48.7 Å². The van der Waals surface area contributed by atoms with Gasteiger partial charge in [0.2, 0.25) is 0 Å². The Morgan fingerprint density at radius 3 is 2.82 bits per heavy atom. The summed E-state index contributed by atoms with van der Waals surface area (Å²) in [5.41, 5.74) is 1.63. The number of methoxy groups -OCH3 is 1. The van der Waals surface area contributed by atoms with Gasteiger partial charge in [0.15, 0.2) is 0 Å². The summed E-state index contributed by atoms with van der Waals surface area (Å²) < 4.78 is 35.4. The Morgan fingerprint density at radius 1 is 1.36 bits per heavy atom. The average molecular weight is 403 g/mol. The molecule has 2 aromatic rings. The number of hydrogen-bond acceptors (Lipinski definition) is 6. The number of aromatic nitrogens is 1. The Balaban J connectivity index is 1.80. The first-order valence-corrected chi connectivity index (χ1v) is 11.4. The second-order valence-corrected chi connectivity index (χ2v) is 9.35. The molecule has 0 spiro atoms. The maximum atomic E-state index is 12.1. The van der Waals surface area contributed by atoms with Crippen molar-refractivity contribution in [2.45, 2.75) is 25.0 Å². The molecule has 5 atom stereocenters. The molecule has 0 radical (unpaired) electrons. The lowest BCUT2D eigenvalue weighted by molar-refractivity contribution is -0.0336. The average Bonchev–Trinajstić information content (AvgIpc) is 2.70. The summed E-state index contributed by atoms with van der Waals surface area (Å²) in [5.74, 6) is 1.68. The molecule has 3 aliphatic rings. The van der Waals surface area contributed by atoms with Crippen LogP contribution in [0.3, 0.4) is 0 Å². The van der Waals surface area contributed by atoms with Crippen LogP contribution in [-0.4, -0.2) is 50.8 Å². The molecule has 1 aromatic carbocycles. The zero-order valence-electron chi connectivity index (χ0n) is 16.2. The van der Waals surface area contributed by atoms with Crippen LogP contribution in [0.5, 0.6) is 5.75 Å². The van der Waals surface area contributed by atoms with Gasteiger partial charge in [-0.3, -0.25) is 14.1 Å². The van der Waals surface area contributed by atoms with E-state index in [0.717, 1.165) is 48.7 Å². The van der Waals surface area contributed by atoms with Gasteiger partial charge >= 0.3 is 0 Å². The van der Waals surface area contributed by atoms with E-state index < -0.39 is 16.2 Å². The SMILES string of the molecule is C=C[C@H]1CN2CC[C@H]1C[C@H]2[C@H](OS(C)(=O)=O)c1ccnc2ccc(OC)cc12. The van der Waals surface area contributed by atoms with Crippen molar-refractivity contribution in [3.8, 4) is 5.75 Å². The van der Waals surface area contributed by atoms with Gasteiger partial charge in [-0.1, -0.05) is 6.08 Å². The highest BCUT2D eigenvalue weighted by molar-refractivity contribution is 7.86. The van der Waals surface area contributed by atoms with Crippen molar-refractivity contribution in [1.29, 1.82) is 0 Å². The highest BCUT2D eigenvalue weighted by Gasteiger charge is 2.44. The van der Waals surface area contributed by atoms with Gasteiger partial charge < -0.3 is 4.74 Å². The van der Waals surface area contributed by atoms with Gasteiger partial charge in [-0.05, 0) is 61.1 Å². The fraction of sp³-hybridized carbons (Fsp3) is 0.476. The summed E-state index contributed by atoms with van der Waals surface area (Å²) >= 11 is 0. The summed E-state index contributed by atoms with van der Waals surface area (Å²) in [7, 11) is -2.03. The fourth-order valence-corrected chi connectivity index (χ4v) is 5.33. The Hall–Kier alpha value is -1.96. The van der Waals surface area contributed by atoms with E-state index in [1.165, 1.54) is 0 Å².